The van der Waals surface area contributed by atoms with E-state index in [0.717, 1.165) is 12.8 Å². The first-order chi connectivity index (χ1) is 7.78. The highest BCUT2D eigenvalue weighted by atomic mass is 16.5. The van der Waals surface area contributed by atoms with E-state index in [1.165, 1.54) is 25.7 Å². The van der Waals surface area contributed by atoms with E-state index in [0.29, 0.717) is 31.0 Å². The Labute approximate surface area is 97.9 Å². The maximum Gasteiger partial charge on any atom is 0.306 e. The van der Waals surface area contributed by atoms with Crippen molar-refractivity contribution in [3.63, 3.8) is 0 Å². The van der Waals surface area contributed by atoms with Crippen LogP contribution in [0.3, 0.4) is 0 Å². The van der Waals surface area contributed by atoms with Crippen LogP contribution in [0.1, 0.15) is 51.9 Å². The Morgan fingerprint density at radius 3 is 2.62 bits per heavy atom. The van der Waals surface area contributed by atoms with Crippen LogP contribution in [0, 0.1) is 5.92 Å². The van der Waals surface area contributed by atoms with Gasteiger partial charge in [0.1, 0.15) is 0 Å². The Balaban J connectivity index is 1.67. The second kappa shape index (κ2) is 5.67. The van der Waals surface area contributed by atoms with Crippen molar-refractivity contribution in [1.29, 1.82) is 0 Å². The van der Waals surface area contributed by atoms with Gasteiger partial charge in [0.25, 0.3) is 0 Å². The maximum atomic E-state index is 11.6. The number of fused-ring (bicyclic) bond motifs is 2. The van der Waals surface area contributed by atoms with Crippen molar-refractivity contribution in [3.8, 4) is 0 Å². The SMILES string of the molecule is CCCCOC(=O)CC1CC2CCC(C1)N2. The number of esters is 1. The molecule has 2 aliphatic rings. The summed E-state index contributed by atoms with van der Waals surface area (Å²) in [5.41, 5.74) is 0. The van der Waals surface area contributed by atoms with Crippen molar-refractivity contribution in [2.75, 3.05) is 6.61 Å². The molecule has 0 aromatic heterocycles. The van der Waals surface area contributed by atoms with Gasteiger partial charge in [-0.3, -0.25) is 4.79 Å². The lowest BCUT2D eigenvalue weighted by atomic mass is 9.90. The molecule has 0 radical (unpaired) electrons. The van der Waals surface area contributed by atoms with Gasteiger partial charge in [-0.15, -0.1) is 0 Å². The molecule has 3 heteroatoms. The molecule has 0 aromatic carbocycles. The Kier molecular flexibility index (Phi) is 4.22. The van der Waals surface area contributed by atoms with Gasteiger partial charge >= 0.3 is 5.97 Å². The topological polar surface area (TPSA) is 38.3 Å². The zero-order valence-electron chi connectivity index (χ0n) is 10.2. The molecule has 2 heterocycles. The number of carbonyl (C=O) groups excluding carboxylic acids is 1. The van der Waals surface area contributed by atoms with Gasteiger partial charge in [0.15, 0.2) is 0 Å². The molecule has 0 saturated carbocycles. The van der Waals surface area contributed by atoms with Crippen LogP contribution in [0.2, 0.25) is 0 Å². The normalized spacial score (nSPS) is 32.7. The predicted octanol–water partition coefficient (Wildman–Crippen LogP) is 2.25. The lowest BCUT2D eigenvalue weighted by Gasteiger charge is -2.28. The van der Waals surface area contributed by atoms with E-state index < -0.39 is 0 Å². The van der Waals surface area contributed by atoms with E-state index in [-0.39, 0.29) is 5.97 Å². The Morgan fingerprint density at radius 2 is 2.00 bits per heavy atom. The van der Waals surface area contributed by atoms with Crippen LogP contribution in [0.25, 0.3) is 0 Å². The minimum absolute atomic E-state index is 0.0137. The molecule has 2 unspecified atom stereocenters. The molecule has 2 rings (SSSR count). The van der Waals surface area contributed by atoms with Crippen LogP contribution in [0.4, 0.5) is 0 Å². The highest BCUT2D eigenvalue weighted by molar-refractivity contribution is 5.69. The van der Waals surface area contributed by atoms with Gasteiger partial charge < -0.3 is 10.1 Å². The van der Waals surface area contributed by atoms with Crippen molar-refractivity contribution in [2.24, 2.45) is 5.92 Å². The van der Waals surface area contributed by atoms with Crippen LogP contribution in [0.5, 0.6) is 0 Å². The van der Waals surface area contributed by atoms with E-state index in [1.807, 2.05) is 0 Å². The summed E-state index contributed by atoms with van der Waals surface area (Å²) in [6.45, 7) is 2.71. The summed E-state index contributed by atoms with van der Waals surface area (Å²) in [5.74, 6) is 0.577. The molecule has 0 spiro atoms. The molecule has 2 aliphatic heterocycles. The van der Waals surface area contributed by atoms with Gasteiger partial charge in [-0.2, -0.15) is 0 Å². The fraction of sp³-hybridized carbons (Fsp3) is 0.923. The number of unbranched alkanes of at least 4 members (excludes halogenated alkanes) is 1. The van der Waals surface area contributed by atoms with Crippen LogP contribution in [-0.4, -0.2) is 24.7 Å². The van der Waals surface area contributed by atoms with Crippen molar-refractivity contribution < 1.29 is 9.53 Å². The largest absolute Gasteiger partial charge is 0.466 e. The summed E-state index contributed by atoms with van der Waals surface area (Å²) in [6.07, 6.45) is 7.64. The molecule has 2 bridgehead atoms. The molecule has 1 N–H and O–H groups in total. The van der Waals surface area contributed by atoms with E-state index in [4.69, 9.17) is 4.74 Å². The van der Waals surface area contributed by atoms with E-state index in [9.17, 15) is 4.79 Å². The molecule has 0 aromatic rings. The first-order valence-electron chi connectivity index (χ1n) is 6.69. The summed E-state index contributed by atoms with van der Waals surface area (Å²) in [5, 5.41) is 3.59. The lowest BCUT2D eigenvalue weighted by Crippen LogP contribution is -2.38. The number of hydrogen-bond acceptors (Lipinski definition) is 3. The smallest absolute Gasteiger partial charge is 0.306 e. The van der Waals surface area contributed by atoms with Gasteiger partial charge in [0.2, 0.25) is 0 Å². The highest BCUT2D eigenvalue weighted by Gasteiger charge is 2.34. The number of carbonyl (C=O) groups is 1. The minimum Gasteiger partial charge on any atom is -0.466 e. The zero-order valence-corrected chi connectivity index (χ0v) is 10.2. The monoisotopic (exact) mass is 225 g/mol. The third-order valence-electron chi connectivity index (χ3n) is 3.79. The average Bonchev–Trinajstić information content (AvgIpc) is 2.58. The number of hydrogen-bond donors (Lipinski definition) is 1. The zero-order chi connectivity index (χ0) is 11.4. The molecule has 16 heavy (non-hydrogen) atoms. The van der Waals surface area contributed by atoms with Crippen molar-refractivity contribution in [2.45, 2.75) is 64.0 Å². The fourth-order valence-electron chi connectivity index (χ4n) is 2.97. The van der Waals surface area contributed by atoms with E-state index in [1.54, 1.807) is 0 Å². The van der Waals surface area contributed by atoms with Crippen molar-refractivity contribution in [1.82, 2.24) is 5.32 Å². The summed E-state index contributed by atoms with van der Waals surface area (Å²) in [6, 6.07) is 1.35. The molecule has 0 aliphatic carbocycles. The molecule has 92 valence electrons. The van der Waals surface area contributed by atoms with Gasteiger partial charge in [0.05, 0.1) is 6.61 Å². The Hall–Kier alpha value is -0.570. The van der Waals surface area contributed by atoms with Crippen molar-refractivity contribution >= 4 is 5.97 Å². The fourth-order valence-corrected chi connectivity index (χ4v) is 2.97. The molecule has 2 fully saturated rings. The molecule has 3 nitrogen and oxygen atoms in total. The molecular weight excluding hydrogens is 202 g/mol. The summed E-state index contributed by atoms with van der Waals surface area (Å²) < 4.78 is 5.22. The minimum atomic E-state index is 0.0137. The van der Waals surface area contributed by atoms with E-state index >= 15 is 0 Å². The van der Waals surface area contributed by atoms with Crippen LogP contribution < -0.4 is 5.32 Å². The lowest BCUT2D eigenvalue weighted by molar-refractivity contribution is -0.145. The quantitative estimate of drug-likeness (QED) is 0.576. The number of rotatable bonds is 5. The summed E-state index contributed by atoms with van der Waals surface area (Å²) in [4.78, 5) is 11.6. The molecular formula is C13H23NO2. The summed E-state index contributed by atoms with van der Waals surface area (Å²) in [7, 11) is 0. The third-order valence-corrected chi connectivity index (χ3v) is 3.79. The average molecular weight is 225 g/mol. The first-order valence-corrected chi connectivity index (χ1v) is 6.69. The molecule has 2 saturated heterocycles. The number of piperidine rings is 1. The maximum absolute atomic E-state index is 11.6. The van der Waals surface area contributed by atoms with Gasteiger partial charge in [-0.05, 0) is 38.0 Å². The van der Waals surface area contributed by atoms with Crippen LogP contribution in [-0.2, 0) is 9.53 Å². The van der Waals surface area contributed by atoms with Crippen molar-refractivity contribution in [3.05, 3.63) is 0 Å². The predicted molar refractivity (Wildman–Crippen MR) is 63.2 cm³/mol. The number of ether oxygens (including phenoxy) is 1. The third kappa shape index (κ3) is 3.21. The van der Waals surface area contributed by atoms with Gasteiger partial charge in [-0.1, -0.05) is 13.3 Å². The molecule has 2 atom stereocenters. The standard InChI is InChI=1S/C13H23NO2/c1-2-3-6-16-13(15)9-10-7-11-4-5-12(8-10)14-11/h10-12,14H,2-9H2,1H3. The number of nitrogens with one attached hydrogen (secondary N) is 1. The van der Waals surface area contributed by atoms with Gasteiger partial charge in [0, 0.05) is 18.5 Å². The Bertz CT molecular complexity index is 230. The second-order valence-electron chi connectivity index (χ2n) is 5.25. The first kappa shape index (κ1) is 11.9. The molecule has 0 amide bonds. The van der Waals surface area contributed by atoms with Crippen LogP contribution in [0.15, 0.2) is 0 Å². The van der Waals surface area contributed by atoms with Gasteiger partial charge in [-0.25, -0.2) is 0 Å². The highest BCUT2D eigenvalue weighted by Crippen LogP contribution is 2.32. The van der Waals surface area contributed by atoms with E-state index in [2.05, 4.69) is 12.2 Å². The second-order valence-corrected chi connectivity index (χ2v) is 5.25. The Morgan fingerprint density at radius 1 is 1.31 bits per heavy atom. The summed E-state index contributed by atoms with van der Waals surface area (Å²) >= 11 is 0. The van der Waals surface area contributed by atoms with Crippen LogP contribution >= 0.6 is 0 Å².